The number of carbonyl (C=O) groups is 1. The van der Waals surface area contributed by atoms with Gasteiger partial charge in [-0.2, -0.15) is 5.10 Å². The lowest BCUT2D eigenvalue weighted by molar-refractivity contribution is -0.113. The summed E-state index contributed by atoms with van der Waals surface area (Å²) in [4.78, 5) is 22.0. The molecule has 3 aromatic heterocycles. The molecule has 6 nitrogen and oxygen atoms in total. The first-order valence-corrected chi connectivity index (χ1v) is 10.6. The van der Waals surface area contributed by atoms with Crippen molar-refractivity contribution in [2.24, 2.45) is 0 Å². The molecular formula is C20H19N5OS2. The van der Waals surface area contributed by atoms with Gasteiger partial charge in [-0.25, -0.2) is 14.6 Å². The maximum absolute atomic E-state index is 12.5. The number of aromatic nitrogens is 4. The molecule has 1 N–H and O–H groups in total. The van der Waals surface area contributed by atoms with Crippen LogP contribution in [0.4, 0.5) is 5.69 Å². The molecule has 0 aliphatic carbocycles. The van der Waals surface area contributed by atoms with Gasteiger partial charge in [0.05, 0.1) is 28.5 Å². The molecule has 0 fully saturated rings. The smallest absolute Gasteiger partial charge is 0.234 e. The molecule has 0 bridgehead atoms. The number of nitrogens with one attached hydrogen (secondary N) is 1. The van der Waals surface area contributed by atoms with Crippen LogP contribution in [0.2, 0.25) is 0 Å². The summed E-state index contributed by atoms with van der Waals surface area (Å²) >= 11 is 2.98. The number of hydrogen-bond donors (Lipinski definition) is 1. The van der Waals surface area contributed by atoms with E-state index in [4.69, 9.17) is 0 Å². The van der Waals surface area contributed by atoms with Gasteiger partial charge in [0.25, 0.3) is 0 Å². The maximum Gasteiger partial charge on any atom is 0.234 e. The van der Waals surface area contributed by atoms with Crippen molar-refractivity contribution in [3.63, 3.8) is 0 Å². The summed E-state index contributed by atoms with van der Waals surface area (Å²) in [6, 6.07) is 10.1. The van der Waals surface area contributed by atoms with Gasteiger partial charge >= 0.3 is 0 Å². The summed E-state index contributed by atoms with van der Waals surface area (Å²) in [5.74, 6) is 0.193. The number of anilines is 1. The third-order valence-electron chi connectivity index (χ3n) is 4.40. The van der Waals surface area contributed by atoms with Crippen molar-refractivity contribution < 1.29 is 4.79 Å². The van der Waals surface area contributed by atoms with Crippen molar-refractivity contribution in [3.05, 3.63) is 59.0 Å². The van der Waals surface area contributed by atoms with E-state index in [0.29, 0.717) is 0 Å². The van der Waals surface area contributed by atoms with E-state index in [1.807, 2.05) is 54.2 Å². The van der Waals surface area contributed by atoms with Gasteiger partial charge in [0.2, 0.25) is 5.91 Å². The Bertz CT molecular complexity index is 1150. The molecule has 0 atom stereocenters. The summed E-state index contributed by atoms with van der Waals surface area (Å²) in [6.45, 7) is 5.91. The van der Waals surface area contributed by atoms with Gasteiger partial charge in [-0.15, -0.1) is 11.3 Å². The van der Waals surface area contributed by atoms with E-state index in [9.17, 15) is 4.79 Å². The molecule has 1 aromatic carbocycles. The average molecular weight is 410 g/mol. The highest BCUT2D eigenvalue weighted by atomic mass is 32.2. The molecule has 8 heteroatoms. The molecule has 3 heterocycles. The molecule has 0 saturated heterocycles. The van der Waals surface area contributed by atoms with E-state index in [-0.39, 0.29) is 11.7 Å². The lowest BCUT2D eigenvalue weighted by Gasteiger charge is -2.07. The minimum Gasteiger partial charge on any atom is -0.322 e. The highest BCUT2D eigenvalue weighted by Gasteiger charge is 2.16. The molecule has 1 amide bonds. The van der Waals surface area contributed by atoms with Crippen molar-refractivity contribution in [2.45, 2.75) is 25.8 Å². The van der Waals surface area contributed by atoms with E-state index in [2.05, 4.69) is 27.3 Å². The van der Waals surface area contributed by atoms with Crippen molar-refractivity contribution in [1.82, 2.24) is 19.7 Å². The third kappa shape index (κ3) is 3.65. The number of amides is 1. The van der Waals surface area contributed by atoms with Crippen LogP contribution in [0.5, 0.6) is 0 Å². The quantitative estimate of drug-likeness (QED) is 0.387. The lowest BCUT2D eigenvalue weighted by Crippen LogP contribution is -2.15. The Kier molecular flexibility index (Phi) is 5.15. The number of carbonyl (C=O) groups excluding carboxylic acids is 1. The summed E-state index contributed by atoms with van der Waals surface area (Å²) in [5, 5.41) is 11.4. The van der Waals surface area contributed by atoms with Crippen molar-refractivity contribution >= 4 is 44.9 Å². The number of rotatable bonds is 5. The molecule has 28 heavy (non-hydrogen) atoms. The van der Waals surface area contributed by atoms with Crippen LogP contribution in [-0.2, 0) is 4.79 Å². The number of fused-ring (bicyclic) bond motifs is 1. The largest absolute Gasteiger partial charge is 0.322 e. The van der Waals surface area contributed by atoms with Crippen LogP contribution in [-0.4, -0.2) is 31.4 Å². The Labute approximate surface area is 171 Å². The zero-order valence-electron chi connectivity index (χ0n) is 15.8. The van der Waals surface area contributed by atoms with E-state index in [0.717, 1.165) is 38.0 Å². The van der Waals surface area contributed by atoms with E-state index in [1.165, 1.54) is 17.3 Å². The summed E-state index contributed by atoms with van der Waals surface area (Å²) in [7, 11) is 0. The molecular weight excluding hydrogens is 390 g/mol. The van der Waals surface area contributed by atoms with Crippen molar-refractivity contribution in [1.29, 1.82) is 0 Å². The van der Waals surface area contributed by atoms with Gasteiger partial charge in [-0.05, 0) is 44.4 Å². The fourth-order valence-electron chi connectivity index (χ4n) is 2.95. The molecule has 0 saturated carbocycles. The molecule has 4 rings (SSSR count). The fourth-order valence-corrected chi connectivity index (χ4v) is 4.53. The highest BCUT2D eigenvalue weighted by Crippen LogP contribution is 2.28. The van der Waals surface area contributed by atoms with Gasteiger partial charge < -0.3 is 5.32 Å². The Morgan fingerprint density at radius 2 is 1.93 bits per heavy atom. The standard InChI is InChI=1S/C20H19N5OS2/c1-12-4-6-15(7-5-12)25-14(3)18(13(2)24-25)23-17(26)10-28-20-16-8-9-27-19(16)21-11-22-20/h4-9,11H,10H2,1-3H3,(H,23,26). The molecule has 0 spiro atoms. The van der Waals surface area contributed by atoms with Crippen LogP contribution in [0, 0.1) is 20.8 Å². The number of thiophene rings is 1. The van der Waals surface area contributed by atoms with Crippen LogP contribution in [0.25, 0.3) is 15.9 Å². The summed E-state index contributed by atoms with van der Waals surface area (Å²) < 4.78 is 1.86. The Hall–Kier alpha value is -2.71. The average Bonchev–Trinajstić information content (AvgIpc) is 3.27. The first-order chi connectivity index (χ1) is 13.5. The number of aryl methyl sites for hydroxylation is 2. The van der Waals surface area contributed by atoms with E-state index >= 15 is 0 Å². The van der Waals surface area contributed by atoms with Crippen LogP contribution in [0.15, 0.2) is 47.1 Å². The minimum atomic E-state index is -0.0818. The second-order valence-corrected chi connectivity index (χ2v) is 8.31. The number of thioether (sulfide) groups is 1. The monoisotopic (exact) mass is 409 g/mol. The molecule has 4 aromatic rings. The van der Waals surface area contributed by atoms with Crippen molar-refractivity contribution in [2.75, 3.05) is 11.1 Å². The Balaban J connectivity index is 1.49. The zero-order valence-corrected chi connectivity index (χ0v) is 17.4. The van der Waals surface area contributed by atoms with Gasteiger partial charge in [0.1, 0.15) is 16.2 Å². The predicted molar refractivity (Wildman–Crippen MR) is 115 cm³/mol. The van der Waals surface area contributed by atoms with E-state index < -0.39 is 0 Å². The fraction of sp³-hybridized carbons (Fsp3) is 0.200. The second-order valence-electron chi connectivity index (χ2n) is 6.45. The van der Waals surface area contributed by atoms with Crippen molar-refractivity contribution in [3.8, 4) is 5.69 Å². The summed E-state index contributed by atoms with van der Waals surface area (Å²) in [5.41, 5.74) is 4.62. The first-order valence-electron chi connectivity index (χ1n) is 8.77. The van der Waals surface area contributed by atoms with Crippen LogP contribution in [0.1, 0.15) is 17.0 Å². The third-order valence-corrected chi connectivity index (χ3v) is 6.23. The first kappa shape index (κ1) is 18.6. The van der Waals surface area contributed by atoms with Crippen LogP contribution >= 0.6 is 23.1 Å². The topological polar surface area (TPSA) is 72.7 Å². The Morgan fingerprint density at radius 1 is 1.14 bits per heavy atom. The number of nitrogens with zero attached hydrogens (tertiary/aromatic N) is 4. The molecule has 0 aliphatic rings. The minimum absolute atomic E-state index is 0.0818. The van der Waals surface area contributed by atoms with Gasteiger partial charge in [0.15, 0.2) is 0 Å². The van der Waals surface area contributed by atoms with Gasteiger partial charge in [-0.1, -0.05) is 29.5 Å². The summed E-state index contributed by atoms with van der Waals surface area (Å²) in [6.07, 6.45) is 1.54. The van der Waals surface area contributed by atoms with Crippen LogP contribution < -0.4 is 5.32 Å². The Morgan fingerprint density at radius 3 is 2.71 bits per heavy atom. The molecule has 0 unspecified atom stereocenters. The predicted octanol–water partition coefficient (Wildman–Crippen LogP) is 4.53. The zero-order chi connectivity index (χ0) is 19.7. The van der Waals surface area contributed by atoms with Gasteiger partial charge in [-0.3, -0.25) is 4.79 Å². The maximum atomic E-state index is 12.5. The van der Waals surface area contributed by atoms with E-state index in [1.54, 1.807) is 17.7 Å². The van der Waals surface area contributed by atoms with Gasteiger partial charge in [0, 0.05) is 5.39 Å². The second kappa shape index (κ2) is 7.73. The molecule has 142 valence electrons. The number of hydrogen-bond acceptors (Lipinski definition) is 6. The van der Waals surface area contributed by atoms with Crippen LogP contribution in [0.3, 0.4) is 0 Å². The highest BCUT2D eigenvalue weighted by molar-refractivity contribution is 8.00. The SMILES string of the molecule is Cc1ccc(-n2nc(C)c(NC(=O)CSc3ncnc4sccc34)c2C)cc1. The molecule has 0 aliphatic heterocycles. The normalized spacial score (nSPS) is 11.1. The number of benzene rings is 1. The lowest BCUT2D eigenvalue weighted by atomic mass is 10.2. The molecule has 0 radical (unpaired) electrons.